The highest BCUT2D eigenvalue weighted by molar-refractivity contribution is 7.92. The third-order valence-corrected chi connectivity index (χ3v) is 5.94. The first-order valence-electron chi connectivity index (χ1n) is 8.01. The van der Waals surface area contributed by atoms with Crippen LogP contribution in [-0.2, 0) is 16.2 Å². The largest absolute Gasteiger partial charge is 0.416 e. The number of sulfonamides is 1. The van der Waals surface area contributed by atoms with Gasteiger partial charge in [0, 0.05) is 23.1 Å². The van der Waals surface area contributed by atoms with Crippen molar-refractivity contribution in [1.29, 1.82) is 0 Å². The van der Waals surface area contributed by atoms with Gasteiger partial charge < -0.3 is 4.90 Å². The van der Waals surface area contributed by atoms with E-state index in [4.69, 9.17) is 23.2 Å². The molecule has 10 heteroatoms. The molecule has 27 heavy (non-hydrogen) atoms. The Hall–Kier alpha value is -1.64. The molecule has 0 radical (unpaired) electrons. The van der Waals surface area contributed by atoms with Gasteiger partial charge in [0.1, 0.15) is 0 Å². The zero-order chi connectivity index (χ0) is 19.8. The predicted octanol–water partition coefficient (Wildman–Crippen LogP) is 5.41. The fourth-order valence-electron chi connectivity index (χ4n) is 2.92. The van der Waals surface area contributed by atoms with Crippen LogP contribution in [0, 0.1) is 0 Å². The molecule has 2 aromatic rings. The van der Waals surface area contributed by atoms with Crippen molar-refractivity contribution in [3.63, 3.8) is 0 Å². The lowest BCUT2D eigenvalue weighted by Crippen LogP contribution is -2.22. The van der Waals surface area contributed by atoms with Gasteiger partial charge in [-0.15, -0.1) is 0 Å². The summed E-state index contributed by atoms with van der Waals surface area (Å²) in [6, 6.07) is 6.76. The van der Waals surface area contributed by atoms with Gasteiger partial charge in [-0.05, 0) is 49.2 Å². The summed E-state index contributed by atoms with van der Waals surface area (Å²) < 4.78 is 67.0. The average molecular weight is 439 g/mol. The second-order valence-electron chi connectivity index (χ2n) is 6.13. The van der Waals surface area contributed by atoms with E-state index in [-0.39, 0.29) is 20.6 Å². The maximum Gasteiger partial charge on any atom is 0.416 e. The molecule has 0 saturated carbocycles. The number of benzene rings is 2. The highest BCUT2D eigenvalue weighted by Crippen LogP contribution is 2.37. The molecule has 0 aliphatic carbocycles. The number of hydrogen-bond acceptors (Lipinski definition) is 3. The Bertz CT molecular complexity index is 939. The van der Waals surface area contributed by atoms with Crippen molar-refractivity contribution in [3.8, 4) is 0 Å². The van der Waals surface area contributed by atoms with Crippen molar-refractivity contribution < 1.29 is 21.6 Å². The van der Waals surface area contributed by atoms with Gasteiger partial charge in [0.25, 0.3) is 10.0 Å². The van der Waals surface area contributed by atoms with Gasteiger partial charge in [0.15, 0.2) is 0 Å². The van der Waals surface area contributed by atoms with Crippen molar-refractivity contribution in [2.24, 2.45) is 0 Å². The van der Waals surface area contributed by atoms with Gasteiger partial charge in [-0.25, -0.2) is 8.42 Å². The molecule has 1 N–H and O–H groups in total. The Kier molecular flexibility index (Phi) is 5.52. The molecule has 1 saturated heterocycles. The van der Waals surface area contributed by atoms with Gasteiger partial charge in [0.05, 0.1) is 21.8 Å². The molecular formula is C17H15Cl2F3N2O2S. The minimum absolute atomic E-state index is 0.103. The molecule has 0 unspecified atom stereocenters. The molecule has 0 amide bonds. The average Bonchev–Trinajstić information content (AvgIpc) is 3.07. The van der Waals surface area contributed by atoms with Crippen LogP contribution >= 0.6 is 23.2 Å². The fourth-order valence-corrected chi connectivity index (χ4v) is 4.71. The van der Waals surface area contributed by atoms with Crippen LogP contribution < -0.4 is 9.62 Å². The number of nitrogens with one attached hydrogen (secondary N) is 1. The van der Waals surface area contributed by atoms with Gasteiger partial charge in [0.2, 0.25) is 0 Å². The quantitative estimate of drug-likeness (QED) is 0.693. The lowest BCUT2D eigenvalue weighted by atomic mass is 10.1. The topological polar surface area (TPSA) is 49.4 Å². The van der Waals surface area contributed by atoms with E-state index in [1.807, 2.05) is 4.90 Å². The Morgan fingerprint density at radius 1 is 0.963 bits per heavy atom. The SMILES string of the molecule is O=S(=O)(Nc1cc(C(F)(F)F)ccc1N1CCCC1)c1cc(Cl)cc(Cl)c1. The first-order valence-corrected chi connectivity index (χ1v) is 10.3. The first-order chi connectivity index (χ1) is 12.6. The number of nitrogens with zero attached hydrogens (tertiary/aromatic N) is 1. The molecule has 146 valence electrons. The lowest BCUT2D eigenvalue weighted by Gasteiger charge is -2.23. The molecule has 1 heterocycles. The van der Waals surface area contributed by atoms with Crippen LogP contribution in [0.4, 0.5) is 24.5 Å². The summed E-state index contributed by atoms with van der Waals surface area (Å²) in [7, 11) is -4.19. The number of rotatable bonds is 4. The highest BCUT2D eigenvalue weighted by Gasteiger charge is 2.32. The van der Waals surface area contributed by atoms with E-state index in [9.17, 15) is 21.6 Å². The Balaban J connectivity index is 2.05. The van der Waals surface area contributed by atoms with Crippen molar-refractivity contribution in [2.75, 3.05) is 22.7 Å². The summed E-state index contributed by atoms with van der Waals surface area (Å²) in [6.07, 6.45) is -2.82. The molecule has 3 rings (SSSR count). The summed E-state index contributed by atoms with van der Waals surface area (Å²) in [5, 5.41) is 0.207. The number of halogens is 5. The number of hydrogen-bond donors (Lipinski definition) is 1. The summed E-state index contributed by atoms with van der Waals surface area (Å²) in [5.41, 5.74) is -0.674. The van der Waals surface area contributed by atoms with E-state index in [0.29, 0.717) is 18.8 Å². The Morgan fingerprint density at radius 3 is 2.11 bits per heavy atom. The van der Waals surface area contributed by atoms with E-state index in [1.165, 1.54) is 24.3 Å². The number of alkyl halides is 3. The van der Waals surface area contributed by atoms with Crippen LogP contribution in [0.2, 0.25) is 10.0 Å². The first kappa shape index (κ1) is 20.1. The summed E-state index contributed by atoms with van der Waals surface area (Å²) in [6.45, 7) is 1.28. The minimum atomic E-state index is -4.59. The second kappa shape index (κ2) is 7.41. The van der Waals surface area contributed by atoms with Crippen molar-refractivity contribution in [2.45, 2.75) is 23.9 Å². The summed E-state index contributed by atoms with van der Waals surface area (Å²) in [4.78, 5) is 1.62. The Labute approximate surface area is 164 Å². The molecule has 4 nitrogen and oxygen atoms in total. The van der Waals surface area contributed by atoms with E-state index >= 15 is 0 Å². The normalized spacial score (nSPS) is 15.2. The molecular weight excluding hydrogens is 424 g/mol. The molecule has 0 bridgehead atoms. The van der Waals surface area contributed by atoms with Gasteiger partial charge in [-0.1, -0.05) is 23.2 Å². The molecule has 2 aromatic carbocycles. The van der Waals surface area contributed by atoms with Crippen LogP contribution in [0.25, 0.3) is 0 Å². The van der Waals surface area contributed by atoms with Crippen LogP contribution in [-0.4, -0.2) is 21.5 Å². The van der Waals surface area contributed by atoms with Gasteiger partial charge in [-0.3, -0.25) is 4.72 Å². The lowest BCUT2D eigenvalue weighted by molar-refractivity contribution is -0.137. The summed E-state index contributed by atoms with van der Waals surface area (Å²) >= 11 is 11.7. The molecule has 0 atom stereocenters. The van der Waals surface area contributed by atoms with Crippen molar-refractivity contribution >= 4 is 44.6 Å². The molecule has 1 fully saturated rings. The monoisotopic (exact) mass is 438 g/mol. The van der Waals surface area contributed by atoms with Crippen LogP contribution in [0.3, 0.4) is 0 Å². The maximum atomic E-state index is 13.1. The Morgan fingerprint density at radius 2 is 1.56 bits per heavy atom. The van der Waals surface area contributed by atoms with E-state index in [2.05, 4.69) is 4.72 Å². The van der Waals surface area contributed by atoms with Crippen molar-refractivity contribution in [1.82, 2.24) is 0 Å². The zero-order valence-electron chi connectivity index (χ0n) is 13.9. The van der Waals surface area contributed by atoms with Crippen LogP contribution in [0.1, 0.15) is 18.4 Å². The summed E-state index contributed by atoms with van der Waals surface area (Å²) in [5.74, 6) is 0. The molecule has 0 spiro atoms. The third-order valence-electron chi connectivity index (χ3n) is 4.16. The maximum absolute atomic E-state index is 13.1. The van der Waals surface area contributed by atoms with E-state index < -0.39 is 21.8 Å². The van der Waals surface area contributed by atoms with Crippen LogP contribution in [0.15, 0.2) is 41.3 Å². The molecule has 1 aliphatic heterocycles. The minimum Gasteiger partial charge on any atom is -0.370 e. The zero-order valence-corrected chi connectivity index (χ0v) is 16.2. The molecule has 1 aliphatic rings. The second-order valence-corrected chi connectivity index (χ2v) is 8.69. The molecule has 0 aromatic heterocycles. The number of anilines is 2. The fraction of sp³-hybridized carbons (Fsp3) is 0.294. The van der Waals surface area contributed by atoms with Crippen LogP contribution in [0.5, 0.6) is 0 Å². The van der Waals surface area contributed by atoms with E-state index in [1.54, 1.807) is 0 Å². The third kappa shape index (κ3) is 4.62. The standard InChI is InChI=1S/C17H15Cl2F3N2O2S/c18-12-8-13(19)10-14(9-12)27(25,26)23-15-7-11(17(20,21)22)3-4-16(15)24-5-1-2-6-24/h3-4,7-10,23H,1-2,5-6H2. The highest BCUT2D eigenvalue weighted by atomic mass is 35.5. The van der Waals surface area contributed by atoms with Crippen molar-refractivity contribution in [3.05, 3.63) is 52.0 Å². The van der Waals surface area contributed by atoms with Gasteiger partial charge >= 0.3 is 6.18 Å². The predicted molar refractivity (Wildman–Crippen MR) is 100 cm³/mol. The van der Waals surface area contributed by atoms with E-state index in [0.717, 1.165) is 25.0 Å². The van der Waals surface area contributed by atoms with Gasteiger partial charge in [-0.2, -0.15) is 13.2 Å². The smallest absolute Gasteiger partial charge is 0.370 e.